The number of amides is 1. The topological polar surface area (TPSA) is 46.6 Å². The molecule has 1 aliphatic rings. The largest absolute Gasteiger partial charge is 0.467 e. The molecule has 0 N–H and O–H groups in total. The Labute approximate surface area is 111 Å². The third-order valence-corrected chi connectivity index (χ3v) is 4.50. The van der Waals surface area contributed by atoms with Crippen molar-refractivity contribution in [2.45, 2.75) is 32.7 Å². The first-order valence-electron chi connectivity index (χ1n) is 6.00. The molecular weight excluding hydrogens is 250 g/mol. The number of likely N-dealkylation sites (tertiary alicyclic amines) is 1. The van der Waals surface area contributed by atoms with Crippen LogP contribution in [0.5, 0.6) is 0 Å². The van der Waals surface area contributed by atoms with Crippen LogP contribution >= 0.6 is 11.3 Å². The summed E-state index contributed by atoms with van der Waals surface area (Å²) in [7, 11) is 1.36. The Kier molecular flexibility index (Phi) is 3.71. The van der Waals surface area contributed by atoms with Crippen LogP contribution in [0.4, 0.5) is 0 Å². The van der Waals surface area contributed by atoms with Crippen molar-refractivity contribution in [3.05, 3.63) is 21.4 Å². The van der Waals surface area contributed by atoms with Crippen molar-refractivity contribution in [2.75, 3.05) is 13.7 Å². The molecule has 0 aliphatic carbocycles. The Morgan fingerprint density at radius 1 is 1.44 bits per heavy atom. The van der Waals surface area contributed by atoms with Gasteiger partial charge in [0.25, 0.3) is 5.91 Å². The summed E-state index contributed by atoms with van der Waals surface area (Å²) in [4.78, 5) is 27.5. The Morgan fingerprint density at radius 2 is 2.17 bits per heavy atom. The van der Waals surface area contributed by atoms with Crippen LogP contribution in [0.15, 0.2) is 6.07 Å². The third-order valence-electron chi connectivity index (χ3n) is 3.36. The van der Waals surface area contributed by atoms with Gasteiger partial charge < -0.3 is 9.64 Å². The van der Waals surface area contributed by atoms with Crippen LogP contribution in [0.3, 0.4) is 0 Å². The summed E-state index contributed by atoms with van der Waals surface area (Å²) in [6.45, 7) is 4.62. The second-order valence-corrected chi connectivity index (χ2v) is 5.79. The zero-order valence-corrected chi connectivity index (χ0v) is 11.7. The highest BCUT2D eigenvalue weighted by Gasteiger charge is 2.35. The molecule has 1 aromatic heterocycles. The van der Waals surface area contributed by atoms with Crippen molar-refractivity contribution in [3.63, 3.8) is 0 Å². The monoisotopic (exact) mass is 267 g/mol. The van der Waals surface area contributed by atoms with Crippen LogP contribution in [0.25, 0.3) is 0 Å². The molecule has 4 nitrogen and oxygen atoms in total. The molecule has 5 heteroatoms. The van der Waals surface area contributed by atoms with Gasteiger partial charge in [0, 0.05) is 11.4 Å². The summed E-state index contributed by atoms with van der Waals surface area (Å²) in [6, 6.07) is 1.49. The number of aryl methyl sites for hydroxylation is 2. The molecule has 18 heavy (non-hydrogen) atoms. The second-order valence-electron chi connectivity index (χ2n) is 4.53. The maximum atomic E-state index is 12.4. The molecule has 0 bridgehead atoms. The van der Waals surface area contributed by atoms with Gasteiger partial charge in [0.1, 0.15) is 6.04 Å². The quantitative estimate of drug-likeness (QED) is 0.771. The van der Waals surface area contributed by atoms with E-state index in [0.29, 0.717) is 17.8 Å². The maximum absolute atomic E-state index is 12.4. The van der Waals surface area contributed by atoms with Crippen molar-refractivity contribution >= 4 is 23.2 Å². The number of nitrogens with zero attached hydrogens (tertiary/aromatic N) is 1. The number of methoxy groups -OCH3 is 1. The van der Waals surface area contributed by atoms with Crippen molar-refractivity contribution in [1.29, 1.82) is 0 Å². The molecule has 0 saturated carbocycles. The fourth-order valence-corrected chi connectivity index (χ4v) is 3.20. The Hall–Kier alpha value is -1.36. The van der Waals surface area contributed by atoms with Gasteiger partial charge in [0.15, 0.2) is 0 Å². The molecule has 2 rings (SSSR count). The maximum Gasteiger partial charge on any atom is 0.328 e. The third kappa shape index (κ3) is 2.27. The lowest BCUT2D eigenvalue weighted by atomic mass is 10.2. The number of thiophene rings is 1. The number of esters is 1. The molecular formula is C13H17NO3S. The van der Waals surface area contributed by atoms with Crippen LogP contribution in [0.2, 0.25) is 0 Å². The number of rotatable bonds is 2. The van der Waals surface area contributed by atoms with Gasteiger partial charge in [-0.25, -0.2) is 4.79 Å². The predicted molar refractivity (Wildman–Crippen MR) is 69.9 cm³/mol. The van der Waals surface area contributed by atoms with Gasteiger partial charge in [-0.3, -0.25) is 4.79 Å². The van der Waals surface area contributed by atoms with Crippen LogP contribution in [0.1, 0.15) is 33.0 Å². The van der Waals surface area contributed by atoms with E-state index in [0.717, 1.165) is 16.9 Å². The van der Waals surface area contributed by atoms with Crippen molar-refractivity contribution in [3.8, 4) is 0 Å². The first-order chi connectivity index (χ1) is 8.54. The highest BCUT2D eigenvalue weighted by atomic mass is 32.1. The standard InChI is InChI=1S/C13H17NO3S/c1-8-7-11(18-9(8)2)12(15)14-6-4-5-10(14)13(16)17-3/h7,10H,4-6H2,1-3H3. The summed E-state index contributed by atoms with van der Waals surface area (Å²) in [6.07, 6.45) is 1.55. The molecule has 1 saturated heterocycles. The van der Waals surface area contributed by atoms with Gasteiger partial charge in [-0.1, -0.05) is 0 Å². The van der Waals surface area contributed by atoms with E-state index < -0.39 is 6.04 Å². The molecule has 98 valence electrons. The highest BCUT2D eigenvalue weighted by Crippen LogP contribution is 2.26. The molecule has 0 aromatic carbocycles. The van der Waals surface area contributed by atoms with Crippen LogP contribution in [-0.2, 0) is 9.53 Å². The average molecular weight is 267 g/mol. The van der Waals surface area contributed by atoms with Crippen molar-refractivity contribution in [2.24, 2.45) is 0 Å². The molecule has 0 spiro atoms. The number of ether oxygens (including phenoxy) is 1. The van der Waals surface area contributed by atoms with E-state index in [-0.39, 0.29) is 11.9 Å². The first kappa shape index (κ1) is 13.1. The van der Waals surface area contributed by atoms with Gasteiger partial charge in [0.05, 0.1) is 12.0 Å². The molecule has 1 amide bonds. The molecule has 1 aliphatic heterocycles. The summed E-state index contributed by atoms with van der Waals surface area (Å²) in [5, 5.41) is 0. The zero-order chi connectivity index (χ0) is 13.3. The zero-order valence-electron chi connectivity index (χ0n) is 10.9. The lowest BCUT2D eigenvalue weighted by Crippen LogP contribution is -2.40. The smallest absolute Gasteiger partial charge is 0.328 e. The van der Waals surface area contributed by atoms with E-state index in [2.05, 4.69) is 0 Å². The van der Waals surface area contributed by atoms with Gasteiger partial charge in [-0.15, -0.1) is 11.3 Å². The van der Waals surface area contributed by atoms with Crippen LogP contribution in [-0.4, -0.2) is 36.5 Å². The van der Waals surface area contributed by atoms with E-state index in [4.69, 9.17) is 4.74 Å². The minimum Gasteiger partial charge on any atom is -0.467 e. The van der Waals surface area contributed by atoms with E-state index in [1.54, 1.807) is 4.90 Å². The van der Waals surface area contributed by atoms with Gasteiger partial charge in [0.2, 0.25) is 0 Å². The Balaban J connectivity index is 2.20. The molecule has 1 fully saturated rings. The van der Waals surface area contributed by atoms with Gasteiger partial charge in [-0.05, 0) is 38.3 Å². The van der Waals surface area contributed by atoms with Crippen LogP contribution in [0, 0.1) is 13.8 Å². The first-order valence-corrected chi connectivity index (χ1v) is 6.82. The number of hydrogen-bond acceptors (Lipinski definition) is 4. The second kappa shape index (κ2) is 5.10. The van der Waals surface area contributed by atoms with Crippen LogP contribution < -0.4 is 0 Å². The van der Waals surface area contributed by atoms with Gasteiger partial charge in [-0.2, -0.15) is 0 Å². The summed E-state index contributed by atoms with van der Waals surface area (Å²) in [5.41, 5.74) is 1.12. The van der Waals surface area contributed by atoms with Gasteiger partial charge >= 0.3 is 5.97 Å². The summed E-state index contributed by atoms with van der Waals surface area (Å²) >= 11 is 1.49. The lowest BCUT2D eigenvalue weighted by Gasteiger charge is -2.21. The number of carbonyl (C=O) groups is 2. The summed E-state index contributed by atoms with van der Waals surface area (Å²) < 4.78 is 4.75. The Morgan fingerprint density at radius 3 is 2.72 bits per heavy atom. The molecule has 2 heterocycles. The van der Waals surface area contributed by atoms with Crippen molar-refractivity contribution in [1.82, 2.24) is 4.90 Å². The summed E-state index contributed by atoms with van der Waals surface area (Å²) in [5.74, 6) is -0.366. The fourth-order valence-electron chi connectivity index (χ4n) is 2.21. The Bertz CT molecular complexity index is 461. The highest BCUT2D eigenvalue weighted by molar-refractivity contribution is 7.14. The number of hydrogen-bond donors (Lipinski definition) is 0. The van der Waals surface area contributed by atoms with E-state index in [1.165, 1.54) is 18.4 Å². The average Bonchev–Trinajstić information content (AvgIpc) is 2.95. The van der Waals surface area contributed by atoms with E-state index >= 15 is 0 Å². The molecule has 1 unspecified atom stereocenters. The molecule has 1 atom stereocenters. The minimum atomic E-state index is -0.412. The normalized spacial score (nSPS) is 19.1. The molecule has 1 aromatic rings. The number of carbonyl (C=O) groups excluding carboxylic acids is 2. The fraction of sp³-hybridized carbons (Fsp3) is 0.538. The van der Waals surface area contributed by atoms with Crippen molar-refractivity contribution < 1.29 is 14.3 Å². The molecule has 0 radical (unpaired) electrons. The lowest BCUT2D eigenvalue weighted by molar-refractivity contribution is -0.145. The predicted octanol–water partition coefficient (Wildman–Crippen LogP) is 2.14. The van der Waals surface area contributed by atoms with E-state index in [1.807, 2.05) is 19.9 Å². The van der Waals surface area contributed by atoms with E-state index in [9.17, 15) is 9.59 Å². The minimum absolute atomic E-state index is 0.0518. The SMILES string of the molecule is COC(=O)C1CCCN1C(=O)c1cc(C)c(C)s1.